The standard InChI is InChI=1S/C18H12BrClN2O5S/c1-26-13-8-11(19)6-10(15(13)23)7-14(17(24)25)28-18-22-21-16(27-18)9-2-4-12(20)5-3-9/h2-8,23H,1H3,(H,24,25)/b14-7-. The quantitative estimate of drug-likeness (QED) is 0.369. The van der Waals surface area contributed by atoms with Gasteiger partial charge >= 0.3 is 5.97 Å². The maximum Gasteiger partial charge on any atom is 0.342 e. The molecule has 0 aliphatic heterocycles. The summed E-state index contributed by atoms with van der Waals surface area (Å²) in [5.74, 6) is -0.957. The number of carbonyl (C=O) groups is 1. The van der Waals surface area contributed by atoms with Crippen molar-refractivity contribution in [3.8, 4) is 23.0 Å². The first-order chi connectivity index (χ1) is 13.4. The molecule has 144 valence electrons. The maximum atomic E-state index is 11.7. The smallest absolute Gasteiger partial charge is 0.342 e. The number of rotatable bonds is 6. The molecule has 0 amide bonds. The molecule has 2 aromatic carbocycles. The van der Waals surface area contributed by atoms with E-state index in [4.69, 9.17) is 20.8 Å². The van der Waals surface area contributed by atoms with Crippen molar-refractivity contribution >= 4 is 51.3 Å². The molecule has 0 aliphatic rings. The van der Waals surface area contributed by atoms with Crippen LogP contribution in [-0.2, 0) is 4.79 Å². The topological polar surface area (TPSA) is 106 Å². The number of benzene rings is 2. The van der Waals surface area contributed by atoms with Crippen molar-refractivity contribution in [2.45, 2.75) is 5.22 Å². The van der Waals surface area contributed by atoms with E-state index in [-0.39, 0.29) is 33.1 Å². The third kappa shape index (κ3) is 4.67. The summed E-state index contributed by atoms with van der Waals surface area (Å²) in [4.78, 5) is 11.5. The Morgan fingerprint density at radius 3 is 2.64 bits per heavy atom. The van der Waals surface area contributed by atoms with Gasteiger partial charge in [0.15, 0.2) is 11.5 Å². The first-order valence-electron chi connectivity index (χ1n) is 7.66. The van der Waals surface area contributed by atoms with Crippen molar-refractivity contribution in [3.05, 3.63) is 56.4 Å². The Morgan fingerprint density at radius 1 is 1.29 bits per heavy atom. The minimum Gasteiger partial charge on any atom is -0.504 e. The SMILES string of the molecule is COc1cc(Br)cc(/C=C(\Sc2nnc(-c3ccc(Cl)cc3)o2)C(=O)O)c1O. The number of phenolic OH excluding ortho intramolecular Hbond substituents is 1. The van der Waals surface area contributed by atoms with Crippen molar-refractivity contribution < 1.29 is 24.2 Å². The van der Waals surface area contributed by atoms with Gasteiger partial charge in [-0.2, -0.15) is 0 Å². The lowest BCUT2D eigenvalue weighted by Crippen LogP contribution is -1.97. The third-order valence-electron chi connectivity index (χ3n) is 3.48. The molecular weight excluding hydrogens is 472 g/mol. The van der Waals surface area contributed by atoms with Crippen LogP contribution in [0.15, 0.2) is 55.4 Å². The van der Waals surface area contributed by atoms with Crippen molar-refractivity contribution in [2.75, 3.05) is 7.11 Å². The molecule has 0 unspecified atom stereocenters. The highest BCUT2D eigenvalue weighted by molar-refractivity contribution is 9.10. The van der Waals surface area contributed by atoms with E-state index in [1.54, 1.807) is 36.4 Å². The summed E-state index contributed by atoms with van der Waals surface area (Å²) in [6.45, 7) is 0. The molecule has 0 aliphatic carbocycles. The molecule has 1 heterocycles. The Morgan fingerprint density at radius 2 is 2.00 bits per heavy atom. The molecule has 7 nitrogen and oxygen atoms in total. The zero-order valence-electron chi connectivity index (χ0n) is 14.2. The van der Waals surface area contributed by atoms with Gasteiger partial charge in [-0.3, -0.25) is 0 Å². The molecule has 0 saturated heterocycles. The van der Waals surface area contributed by atoms with Crippen molar-refractivity contribution in [2.24, 2.45) is 0 Å². The number of carboxylic acids is 1. The third-order valence-corrected chi connectivity index (χ3v) is 5.04. The molecule has 3 aromatic rings. The molecule has 0 atom stereocenters. The van der Waals surface area contributed by atoms with Crippen molar-refractivity contribution in [3.63, 3.8) is 0 Å². The van der Waals surface area contributed by atoms with Gasteiger partial charge in [-0.05, 0) is 54.2 Å². The fraction of sp³-hybridized carbons (Fsp3) is 0.0556. The van der Waals surface area contributed by atoms with Crippen LogP contribution in [0.2, 0.25) is 5.02 Å². The number of aromatic nitrogens is 2. The monoisotopic (exact) mass is 482 g/mol. The highest BCUT2D eigenvalue weighted by atomic mass is 79.9. The van der Waals surface area contributed by atoms with E-state index >= 15 is 0 Å². The van der Waals surface area contributed by atoms with Crippen LogP contribution in [0.3, 0.4) is 0 Å². The van der Waals surface area contributed by atoms with E-state index < -0.39 is 5.97 Å². The number of hydrogen-bond donors (Lipinski definition) is 2. The van der Waals surface area contributed by atoms with E-state index in [9.17, 15) is 15.0 Å². The molecule has 2 N–H and O–H groups in total. The largest absolute Gasteiger partial charge is 0.504 e. The number of methoxy groups -OCH3 is 1. The van der Waals surface area contributed by atoms with Crippen LogP contribution in [0.4, 0.5) is 0 Å². The average molecular weight is 484 g/mol. The zero-order chi connectivity index (χ0) is 20.3. The summed E-state index contributed by atoms with van der Waals surface area (Å²) in [5.41, 5.74) is 0.910. The van der Waals surface area contributed by atoms with Crippen LogP contribution < -0.4 is 4.74 Å². The summed E-state index contributed by atoms with van der Waals surface area (Å²) < 4.78 is 11.2. The molecule has 3 rings (SSSR count). The first kappa shape index (κ1) is 20.2. The van der Waals surface area contributed by atoms with Crippen LogP contribution in [0.5, 0.6) is 11.5 Å². The molecule has 28 heavy (non-hydrogen) atoms. The number of aliphatic carboxylic acids is 1. The molecule has 0 radical (unpaired) electrons. The maximum absolute atomic E-state index is 11.7. The van der Waals surface area contributed by atoms with Gasteiger partial charge in [-0.25, -0.2) is 4.79 Å². The minimum absolute atomic E-state index is 0.0417. The van der Waals surface area contributed by atoms with Crippen molar-refractivity contribution in [1.29, 1.82) is 0 Å². The molecular formula is C18H12BrClN2O5S. The predicted molar refractivity (Wildman–Crippen MR) is 109 cm³/mol. The lowest BCUT2D eigenvalue weighted by Gasteiger charge is -2.08. The first-order valence-corrected chi connectivity index (χ1v) is 9.65. The second-order valence-electron chi connectivity index (χ2n) is 5.34. The van der Waals surface area contributed by atoms with Crippen LogP contribution in [0.25, 0.3) is 17.5 Å². The van der Waals surface area contributed by atoms with E-state index in [1.165, 1.54) is 13.2 Å². The van der Waals surface area contributed by atoms with Gasteiger partial charge in [-0.1, -0.05) is 27.5 Å². The number of phenols is 1. The second kappa shape index (κ2) is 8.68. The summed E-state index contributed by atoms with van der Waals surface area (Å²) in [5, 5.41) is 28.1. The van der Waals surface area contributed by atoms with Gasteiger partial charge in [0, 0.05) is 20.6 Å². The van der Waals surface area contributed by atoms with Crippen molar-refractivity contribution in [1.82, 2.24) is 10.2 Å². The Bertz CT molecular complexity index is 1050. The highest BCUT2D eigenvalue weighted by Gasteiger charge is 2.18. The zero-order valence-corrected chi connectivity index (χ0v) is 17.4. The Balaban J connectivity index is 1.91. The normalized spacial score (nSPS) is 11.5. The molecule has 0 saturated carbocycles. The van der Waals surface area contributed by atoms with E-state index in [0.717, 1.165) is 11.8 Å². The van der Waals surface area contributed by atoms with Gasteiger partial charge < -0.3 is 19.4 Å². The van der Waals surface area contributed by atoms with Gasteiger partial charge in [-0.15, -0.1) is 10.2 Å². The summed E-state index contributed by atoms with van der Waals surface area (Å²) in [7, 11) is 1.40. The number of halogens is 2. The van der Waals surface area contributed by atoms with Gasteiger partial charge in [0.1, 0.15) is 4.91 Å². The lowest BCUT2D eigenvalue weighted by molar-refractivity contribution is -0.131. The second-order valence-corrected chi connectivity index (χ2v) is 7.69. The highest BCUT2D eigenvalue weighted by Crippen LogP contribution is 2.37. The average Bonchev–Trinajstić information content (AvgIpc) is 3.12. The van der Waals surface area contributed by atoms with E-state index in [2.05, 4.69) is 26.1 Å². The summed E-state index contributed by atoms with van der Waals surface area (Å²) in [6.07, 6.45) is 1.29. The summed E-state index contributed by atoms with van der Waals surface area (Å²) in [6, 6.07) is 9.92. The molecule has 0 fully saturated rings. The minimum atomic E-state index is -1.21. The molecule has 0 bridgehead atoms. The number of carboxylic acid groups (broad SMARTS) is 1. The Labute approximate surface area is 177 Å². The van der Waals surface area contributed by atoms with Crippen LogP contribution >= 0.6 is 39.3 Å². The number of thioether (sulfide) groups is 1. The predicted octanol–water partition coefficient (Wildman–Crippen LogP) is 5.08. The number of ether oxygens (including phenoxy) is 1. The van der Waals surface area contributed by atoms with Crippen LogP contribution in [-0.4, -0.2) is 33.5 Å². The number of hydrogen-bond acceptors (Lipinski definition) is 7. The number of nitrogens with zero attached hydrogens (tertiary/aromatic N) is 2. The fourth-order valence-corrected chi connectivity index (χ4v) is 3.43. The van der Waals surface area contributed by atoms with Gasteiger partial charge in [0.05, 0.1) is 7.11 Å². The molecule has 1 aromatic heterocycles. The van der Waals surface area contributed by atoms with Gasteiger partial charge in [0.25, 0.3) is 5.22 Å². The molecule has 10 heteroatoms. The fourth-order valence-electron chi connectivity index (χ4n) is 2.19. The van der Waals surface area contributed by atoms with E-state index in [0.29, 0.717) is 15.1 Å². The lowest BCUT2D eigenvalue weighted by atomic mass is 10.1. The Hall–Kier alpha value is -2.49. The van der Waals surface area contributed by atoms with Gasteiger partial charge in [0.2, 0.25) is 5.89 Å². The van der Waals surface area contributed by atoms with Crippen LogP contribution in [0.1, 0.15) is 5.56 Å². The van der Waals surface area contributed by atoms with Crippen LogP contribution in [0, 0.1) is 0 Å². The Kier molecular flexibility index (Phi) is 6.28. The number of aromatic hydroxyl groups is 1. The van der Waals surface area contributed by atoms with E-state index in [1.807, 2.05) is 0 Å². The molecule has 0 spiro atoms. The summed E-state index contributed by atoms with van der Waals surface area (Å²) >= 11 is 9.91.